The van der Waals surface area contributed by atoms with Crippen LogP contribution in [0.5, 0.6) is 0 Å². The SMILES string of the molecule is CCC(C)OC(C)CC(C)COC1(C(C)C)CCCC(C)C1. The summed E-state index contributed by atoms with van der Waals surface area (Å²) in [5.41, 5.74) is 0.118. The van der Waals surface area contributed by atoms with Crippen LogP contribution in [0.15, 0.2) is 0 Å². The molecule has 0 radical (unpaired) electrons. The summed E-state index contributed by atoms with van der Waals surface area (Å²) in [5, 5.41) is 0. The Kier molecular flexibility index (Phi) is 8.42. The Hall–Kier alpha value is -0.0800. The van der Waals surface area contributed by atoms with Gasteiger partial charge in [0, 0.05) is 6.61 Å². The lowest BCUT2D eigenvalue weighted by Crippen LogP contribution is -2.43. The third-order valence-electron chi connectivity index (χ3n) is 5.47. The molecule has 0 aromatic carbocycles. The largest absolute Gasteiger partial charge is 0.376 e. The van der Waals surface area contributed by atoms with Crippen LogP contribution < -0.4 is 0 Å². The molecule has 1 rings (SSSR count). The van der Waals surface area contributed by atoms with E-state index in [2.05, 4.69) is 48.5 Å². The highest BCUT2D eigenvalue weighted by atomic mass is 16.5. The third kappa shape index (κ3) is 6.20. The second-order valence-corrected chi connectivity index (χ2v) is 8.24. The molecule has 5 atom stereocenters. The van der Waals surface area contributed by atoms with Crippen LogP contribution in [0.3, 0.4) is 0 Å². The van der Waals surface area contributed by atoms with Gasteiger partial charge in [-0.15, -0.1) is 0 Å². The van der Waals surface area contributed by atoms with Crippen molar-refractivity contribution >= 4 is 0 Å². The summed E-state index contributed by atoms with van der Waals surface area (Å²) >= 11 is 0. The monoisotopic (exact) mass is 312 g/mol. The zero-order valence-corrected chi connectivity index (χ0v) is 16.2. The maximum atomic E-state index is 6.54. The van der Waals surface area contributed by atoms with Gasteiger partial charge in [0.2, 0.25) is 0 Å². The van der Waals surface area contributed by atoms with Gasteiger partial charge in [0.15, 0.2) is 0 Å². The number of hydrogen-bond acceptors (Lipinski definition) is 2. The minimum absolute atomic E-state index is 0.118. The van der Waals surface area contributed by atoms with Crippen molar-refractivity contribution in [1.82, 2.24) is 0 Å². The fourth-order valence-corrected chi connectivity index (χ4v) is 3.86. The summed E-state index contributed by atoms with van der Waals surface area (Å²) in [6.45, 7) is 16.8. The first-order valence-corrected chi connectivity index (χ1v) is 9.58. The van der Waals surface area contributed by atoms with Crippen LogP contribution in [-0.2, 0) is 9.47 Å². The predicted molar refractivity (Wildman–Crippen MR) is 95.2 cm³/mol. The average molecular weight is 313 g/mol. The fraction of sp³-hybridized carbons (Fsp3) is 1.00. The van der Waals surface area contributed by atoms with Crippen molar-refractivity contribution in [2.75, 3.05) is 6.61 Å². The topological polar surface area (TPSA) is 18.5 Å². The first kappa shape index (κ1) is 20.0. The van der Waals surface area contributed by atoms with Crippen molar-refractivity contribution in [2.45, 2.75) is 105 Å². The van der Waals surface area contributed by atoms with E-state index in [9.17, 15) is 0 Å². The van der Waals surface area contributed by atoms with E-state index >= 15 is 0 Å². The molecule has 1 fully saturated rings. The van der Waals surface area contributed by atoms with Crippen molar-refractivity contribution < 1.29 is 9.47 Å². The van der Waals surface area contributed by atoms with E-state index in [-0.39, 0.29) is 5.60 Å². The van der Waals surface area contributed by atoms with Gasteiger partial charge in [-0.2, -0.15) is 0 Å². The van der Waals surface area contributed by atoms with E-state index in [0.717, 1.165) is 25.4 Å². The molecule has 5 unspecified atom stereocenters. The average Bonchev–Trinajstić information content (AvgIpc) is 2.44. The van der Waals surface area contributed by atoms with Crippen LogP contribution in [0.4, 0.5) is 0 Å². The highest BCUT2D eigenvalue weighted by Crippen LogP contribution is 2.40. The fourth-order valence-electron chi connectivity index (χ4n) is 3.86. The molecule has 2 nitrogen and oxygen atoms in total. The van der Waals surface area contributed by atoms with Crippen LogP contribution in [0.1, 0.15) is 87.0 Å². The molecule has 0 heterocycles. The van der Waals surface area contributed by atoms with Crippen molar-refractivity contribution in [1.29, 1.82) is 0 Å². The molecule has 0 amide bonds. The third-order valence-corrected chi connectivity index (χ3v) is 5.47. The zero-order chi connectivity index (χ0) is 16.8. The van der Waals surface area contributed by atoms with E-state index in [1.54, 1.807) is 0 Å². The van der Waals surface area contributed by atoms with E-state index in [0.29, 0.717) is 24.0 Å². The minimum atomic E-state index is 0.118. The Bertz CT molecular complexity index is 302. The Balaban J connectivity index is 2.44. The van der Waals surface area contributed by atoms with Crippen molar-refractivity contribution in [3.05, 3.63) is 0 Å². The van der Waals surface area contributed by atoms with E-state index in [4.69, 9.17) is 9.47 Å². The Labute approximate surface area is 139 Å². The predicted octanol–water partition coefficient (Wildman–Crippen LogP) is 5.84. The summed E-state index contributed by atoms with van der Waals surface area (Å²) in [6, 6.07) is 0. The molecule has 0 aromatic heterocycles. The van der Waals surface area contributed by atoms with Crippen LogP contribution in [0.25, 0.3) is 0 Å². The Morgan fingerprint density at radius 1 is 1.09 bits per heavy atom. The molecule has 0 saturated heterocycles. The number of ether oxygens (including phenoxy) is 2. The highest BCUT2D eigenvalue weighted by Gasteiger charge is 2.38. The van der Waals surface area contributed by atoms with Gasteiger partial charge in [-0.1, -0.05) is 47.5 Å². The number of hydrogen-bond donors (Lipinski definition) is 0. The summed E-state index contributed by atoms with van der Waals surface area (Å²) < 4.78 is 12.5. The molecular formula is C20H40O2. The molecule has 1 aliphatic rings. The van der Waals surface area contributed by atoms with Gasteiger partial charge < -0.3 is 9.47 Å². The lowest BCUT2D eigenvalue weighted by molar-refractivity contribution is -0.124. The van der Waals surface area contributed by atoms with Gasteiger partial charge >= 0.3 is 0 Å². The molecule has 22 heavy (non-hydrogen) atoms. The maximum Gasteiger partial charge on any atom is 0.0708 e. The standard InChI is InChI=1S/C20H40O2/c1-8-18(6)22-19(7)12-17(5)14-21-20(15(2)3)11-9-10-16(4)13-20/h15-19H,8-14H2,1-7H3. The van der Waals surface area contributed by atoms with E-state index < -0.39 is 0 Å². The molecule has 1 saturated carbocycles. The number of rotatable bonds is 9. The molecule has 132 valence electrons. The summed E-state index contributed by atoms with van der Waals surface area (Å²) in [7, 11) is 0. The van der Waals surface area contributed by atoms with Gasteiger partial charge in [-0.25, -0.2) is 0 Å². The second kappa shape index (κ2) is 9.27. The lowest BCUT2D eigenvalue weighted by Gasteiger charge is -2.44. The molecule has 0 spiro atoms. The van der Waals surface area contributed by atoms with Gasteiger partial charge in [0.25, 0.3) is 0 Å². The van der Waals surface area contributed by atoms with E-state index in [1.807, 2.05) is 0 Å². The molecule has 0 bridgehead atoms. The summed E-state index contributed by atoms with van der Waals surface area (Å²) in [5.74, 6) is 1.97. The molecule has 0 aliphatic heterocycles. The van der Waals surface area contributed by atoms with E-state index in [1.165, 1.54) is 25.7 Å². The molecule has 0 N–H and O–H groups in total. The Morgan fingerprint density at radius 2 is 1.77 bits per heavy atom. The maximum absolute atomic E-state index is 6.54. The molecule has 0 aromatic rings. The first-order valence-electron chi connectivity index (χ1n) is 9.58. The van der Waals surface area contributed by atoms with Crippen molar-refractivity contribution in [3.63, 3.8) is 0 Å². The minimum Gasteiger partial charge on any atom is -0.376 e. The Morgan fingerprint density at radius 3 is 2.32 bits per heavy atom. The van der Waals surface area contributed by atoms with Crippen LogP contribution >= 0.6 is 0 Å². The van der Waals surface area contributed by atoms with Gasteiger partial charge in [0.05, 0.1) is 17.8 Å². The van der Waals surface area contributed by atoms with Crippen molar-refractivity contribution in [3.8, 4) is 0 Å². The normalized spacial score (nSPS) is 30.3. The smallest absolute Gasteiger partial charge is 0.0708 e. The van der Waals surface area contributed by atoms with Gasteiger partial charge in [-0.3, -0.25) is 0 Å². The van der Waals surface area contributed by atoms with Crippen LogP contribution in [0, 0.1) is 17.8 Å². The zero-order valence-electron chi connectivity index (χ0n) is 16.2. The van der Waals surface area contributed by atoms with Gasteiger partial charge in [0.1, 0.15) is 0 Å². The summed E-state index contributed by atoms with van der Waals surface area (Å²) in [6.07, 6.45) is 8.03. The second-order valence-electron chi connectivity index (χ2n) is 8.24. The van der Waals surface area contributed by atoms with Crippen LogP contribution in [0.2, 0.25) is 0 Å². The van der Waals surface area contributed by atoms with Crippen molar-refractivity contribution in [2.24, 2.45) is 17.8 Å². The van der Waals surface area contributed by atoms with Crippen LogP contribution in [-0.4, -0.2) is 24.4 Å². The first-order chi connectivity index (χ1) is 10.3. The quantitative estimate of drug-likeness (QED) is 0.532. The summed E-state index contributed by atoms with van der Waals surface area (Å²) in [4.78, 5) is 0. The molecule has 2 heteroatoms. The molecular weight excluding hydrogens is 272 g/mol. The lowest BCUT2D eigenvalue weighted by atomic mass is 9.73. The highest BCUT2D eigenvalue weighted by molar-refractivity contribution is 4.90. The molecule has 1 aliphatic carbocycles. The van der Waals surface area contributed by atoms with Gasteiger partial charge in [-0.05, 0) is 57.3 Å².